The summed E-state index contributed by atoms with van der Waals surface area (Å²) >= 11 is 12.5. The molecule has 3 N–H and O–H groups in total. The van der Waals surface area contributed by atoms with E-state index in [9.17, 15) is 24.3 Å². The van der Waals surface area contributed by atoms with Crippen molar-refractivity contribution in [2.45, 2.75) is 45.7 Å². The van der Waals surface area contributed by atoms with Crippen molar-refractivity contribution in [2.75, 3.05) is 0 Å². The van der Waals surface area contributed by atoms with Crippen molar-refractivity contribution in [3.05, 3.63) is 80.5 Å². The molecule has 1 unspecified atom stereocenters. The summed E-state index contributed by atoms with van der Waals surface area (Å²) in [5.41, 5.74) is -3.34. The summed E-state index contributed by atoms with van der Waals surface area (Å²) in [6, 6.07) is 1.81. The average Bonchev–Trinajstić information content (AvgIpc) is 2.67. The zero-order valence-corrected chi connectivity index (χ0v) is 19.5. The Hall–Kier alpha value is -3.24. The molecule has 1 aliphatic heterocycles. The van der Waals surface area contributed by atoms with Gasteiger partial charge in [-0.1, -0.05) is 23.2 Å². The van der Waals surface area contributed by atoms with E-state index >= 15 is 0 Å². The Balaban J connectivity index is 2.22. The van der Waals surface area contributed by atoms with Crippen molar-refractivity contribution >= 4 is 23.2 Å². The summed E-state index contributed by atoms with van der Waals surface area (Å²) in [5.74, 6) is -2.04. The lowest BCUT2D eigenvalue weighted by Gasteiger charge is -2.29. The topological polar surface area (TPSA) is 139 Å². The number of aromatic nitrogens is 4. The zero-order valence-electron chi connectivity index (χ0n) is 18.0. The van der Waals surface area contributed by atoms with Crippen LogP contribution < -0.4 is 27.2 Å². The average molecular weight is 495 g/mol. The van der Waals surface area contributed by atoms with Crippen LogP contribution in [0.1, 0.15) is 62.4 Å². The number of fused-ring (bicyclic) bond motifs is 2. The number of nitrogens with one attached hydrogen (secondary N) is 2. The molecule has 0 amide bonds. The van der Waals surface area contributed by atoms with Gasteiger partial charge in [0.15, 0.2) is 5.75 Å². The molecule has 1 aliphatic rings. The van der Waals surface area contributed by atoms with Crippen LogP contribution >= 0.6 is 23.2 Å². The van der Waals surface area contributed by atoms with Crippen LogP contribution in [0, 0.1) is 0 Å². The van der Waals surface area contributed by atoms with Gasteiger partial charge in [0.05, 0.1) is 22.1 Å². The number of benzene rings is 1. The van der Waals surface area contributed by atoms with Gasteiger partial charge in [0.2, 0.25) is 11.8 Å². The number of H-pyrrole nitrogens is 2. The van der Waals surface area contributed by atoms with Crippen LogP contribution in [0.2, 0.25) is 10.0 Å². The molecule has 1 aromatic carbocycles. The molecule has 3 aromatic rings. The first-order valence-electron chi connectivity index (χ1n) is 10.1. The summed E-state index contributed by atoms with van der Waals surface area (Å²) in [4.78, 5) is 56.1. The van der Waals surface area contributed by atoms with Crippen molar-refractivity contribution in [3.63, 3.8) is 0 Å². The predicted octanol–water partition coefficient (Wildman–Crippen LogP) is 2.85. The van der Waals surface area contributed by atoms with Crippen LogP contribution in [-0.2, 0) is 0 Å². The second kappa shape index (κ2) is 7.96. The molecule has 2 aromatic heterocycles. The molecule has 10 nitrogen and oxygen atoms in total. The highest BCUT2D eigenvalue weighted by Gasteiger charge is 2.39. The highest BCUT2D eigenvalue weighted by molar-refractivity contribution is 6.35. The third kappa shape index (κ3) is 3.50. The fraction of sp³-hybridized carbons (Fsp3) is 0.333. The minimum atomic E-state index is -1.25. The Bertz CT molecular complexity index is 1530. The predicted molar refractivity (Wildman–Crippen MR) is 123 cm³/mol. The molecule has 0 bridgehead atoms. The molecule has 12 heteroatoms. The first-order chi connectivity index (χ1) is 15.4. The maximum atomic E-state index is 13.5. The highest BCUT2D eigenvalue weighted by atomic mass is 35.5. The summed E-state index contributed by atoms with van der Waals surface area (Å²) in [6.07, 6.45) is 0. The smallest absolute Gasteiger partial charge is 0.331 e. The summed E-state index contributed by atoms with van der Waals surface area (Å²) in [6.45, 7) is 6.58. The van der Waals surface area contributed by atoms with Crippen LogP contribution in [0.5, 0.6) is 17.5 Å². The SMILES string of the molecule is CC(C)n1c(O)c(C2c3cc(Cl)cc(Cl)c3Oc3[nH]c(=O)n(C(C)C)c(=O)c32)c(=O)[nH]c1=O. The lowest BCUT2D eigenvalue weighted by atomic mass is 9.84. The molecule has 3 heterocycles. The van der Waals surface area contributed by atoms with Crippen LogP contribution in [0.25, 0.3) is 0 Å². The van der Waals surface area contributed by atoms with Crippen LogP contribution in [0.3, 0.4) is 0 Å². The Morgan fingerprint density at radius 3 is 2.15 bits per heavy atom. The molecular formula is C21H20Cl2N4O6. The van der Waals surface area contributed by atoms with Gasteiger partial charge in [-0.3, -0.25) is 28.7 Å². The fourth-order valence-corrected chi connectivity index (χ4v) is 4.65. The lowest BCUT2D eigenvalue weighted by molar-refractivity contribution is 0.368. The largest absolute Gasteiger partial charge is 0.494 e. The summed E-state index contributed by atoms with van der Waals surface area (Å²) in [7, 11) is 0. The van der Waals surface area contributed by atoms with E-state index < -0.39 is 46.4 Å². The first-order valence-corrected chi connectivity index (χ1v) is 10.8. The molecule has 174 valence electrons. The van der Waals surface area contributed by atoms with Crippen molar-refractivity contribution in [1.29, 1.82) is 0 Å². The van der Waals surface area contributed by atoms with E-state index in [0.717, 1.165) is 9.13 Å². The third-order valence-corrected chi connectivity index (χ3v) is 5.95. The Labute approximate surface area is 196 Å². The number of ether oxygens (including phenoxy) is 1. The van der Waals surface area contributed by atoms with Gasteiger partial charge in [-0.2, -0.15) is 0 Å². The van der Waals surface area contributed by atoms with Crippen LogP contribution in [-0.4, -0.2) is 24.2 Å². The Morgan fingerprint density at radius 2 is 1.55 bits per heavy atom. The minimum Gasteiger partial charge on any atom is -0.494 e. The molecular weight excluding hydrogens is 475 g/mol. The summed E-state index contributed by atoms with van der Waals surface area (Å²) < 4.78 is 7.73. The molecule has 0 saturated carbocycles. The molecule has 0 aliphatic carbocycles. The maximum absolute atomic E-state index is 13.5. The van der Waals surface area contributed by atoms with Gasteiger partial charge >= 0.3 is 11.4 Å². The van der Waals surface area contributed by atoms with E-state index in [1.165, 1.54) is 12.1 Å². The first kappa shape index (κ1) is 22.9. The van der Waals surface area contributed by atoms with Crippen molar-refractivity contribution in [2.24, 2.45) is 0 Å². The van der Waals surface area contributed by atoms with E-state index in [2.05, 4.69) is 9.97 Å². The lowest BCUT2D eigenvalue weighted by Crippen LogP contribution is -2.42. The second-order valence-corrected chi connectivity index (χ2v) is 9.09. The number of rotatable bonds is 3. The molecule has 0 spiro atoms. The Morgan fingerprint density at radius 1 is 0.939 bits per heavy atom. The number of halogens is 2. The maximum Gasteiger partial charge on any atom is 0.331 e. The number of nitrogens with zero attached hydrogens (tertiary/aromatic N) is 2. The standard InChI is InChI=1S/C21H20Cl2N4O6/c1-7(2)26-18(29)13(16(28)24-20(26)31)12-10-5-9(22)6-11(23)15(10)33-17-14(12)19(30)27(8(3)4)21(32)25-17/h5-8,12,29H,1-4H3,(H,25,32)(H,24,28,31). The minimum absolute atomic E-state index is 0.0528. The van der Waals surface area contributed by atoms with Gasteiger partial charge in [0.25, 0.3) is 11.1 Å². The fourth-order valence-electron chi connectivity index (χ4n) is 4.10. The number of aromatic hydroxyl groups is 1. The molecule has 1 atom stereocenters. The molecule has 0 fully saturated rings. The van der Waals surface area contributed by atoms with Gasteiger partial charge in [-0.25, -0.2) is 9.59 Å². The van der Waals surface area contributed by atoms with E-state index in [4.69, 9.17) is 27.9 Å². The van der Waals surface area contributed by atoms with Gasteiger partial charge < -0.3 is 9.84 Å². The molecule has 33 heavy (non-hydrogen) atoms. The van der Waals surface area contributed by atoms with Gasteiger partial charge in [-0.05, 0) is 39.8 Å². The van der Waals surface area contributed by atoms with Crippen molar-refractivity contribution in [1.82, 2.24) is 19.1 Å². The van der Waals surface area contributed by atoms with E-state index in [1.54, 1.807) is 27.7 Å². The highest BCUT2D eigenvalue weighted by Crippen LogP contribution is 2.49. The van der Waals surface area contributed by atoms with E-state index in [-0.39, 0.29) is 38.4 Å². The molecule has 0 saturated heterocycles. The van der Waals surface area contributed by atoms with Gasteiger partial charge in [0.1, 0.15) is 0 Å². The normalized spacial score (nSPS) is 14.8. The van der Waals surface area contributed by atoms with Gasteiger partial charge in [-0.15, -0.1) is 0 Å². The quantitative estimate of drug-likeness (QED) is 0.400. The summed E-state index contributed by atoms with van der Waals surface area (Å²) in [5, 5.41) is 11.3. The molecule has 4 rings (SSSR count). The van der Waals surface area contributed by atoms with E-state index in [0.29, 0.717) is 0 Å². The monoisotopic (exact) mass is 494 g/mol. The Kier molecular flexibility index (Phi) is 5.53. The van der Waals surface area contributed by atoms with Crippen LogP contribution in [0.15, 0.2) is 31.3 Å². The number of hydrogen-bond donors (Lipinski definition) is 3. The van der Waals surface area contributed by atoms with Crippen molar-refractivity contribution < 1.29 is 9.84 Å². The van der Waals surface area contributed by atoms with E-state index in [1.807, 2.05) is 0 Å². The number of aromatic amines is 2. The second-order valence-electron chi connectivity index (χ2n) is 8.24. The zero-order chi connectivity index (χ0) is 24.4. The van der Waals surface area contributed by atoms with Crippen LogP contribution in [0.4, 0.5) is 0 Å². The molecule has 0 radical (unpaired) electrons. The van der Waals surface area contributed by atoms with Gasteiger partial charge in [0, 0.05) is 22.7 Å². The number of hydrogen-bond acceptors (Lipinski definition) is 6. The third-order valence-electron chi connectivity index (χ3n) is 5.45. The van der Waals surface area contributed by atoms with Crippen molar-refractivity contribution in [3.8, 4) is 17.5 Å².